The molecule has 0 atom stereocenters. The molecule has 0 spiro atoms. The number of carbonyl (C=O) groups excluding carboxylic acids is 1. The van der Waals surface area contributed by atoms with Crippen molar-refractivity contribution in [2.75, 3.05) is 0 Å². The van der Waals surface area contributed by atoms with Gasteiger partial charge in [-0.25, -0.2) is 4.68 Å². The lowest BCUT2D eigenvalue weighted by atomic mass is 10.1. The minimum Gasteiger partial charge on any atom is -0.489 e. The molecular weight excluding hydrogens is 450 g/mol. The standard InChI is InChI=1S/C26H19N3O2S2/c30-25-23(33-26(32)27-25)15-20-16-29(21-11-5-2-6-12-21)28-24(20)19-10-7-13-22(14-19)31-17-18-8-3-1-4-9-18/h1-16H,17H2,(H,27,30,32). The van der Waals surface area contributed by atoms with Crippen molar-refractivity contribution >= 4 is 40.3 Å². The molecule has 33 heavy (non-hydrogen) atoms. The van der Waals surface area contributed by atoms with Crippen LogP contribution in [0.2, 0.25) is 0 Å². The maximum Gasteiger partial charge on any atom is 0.263 e. The minimum absolute atomic E-state index is 0.191. The number of thiocarbonyl (C=S) groups is 1. The third kappa shape index (κ3) is 4.89. The van der Waals surface area contributed by atoms with Gasteiger partial charge in [0.05, 0.1) is 10.6 Å². The molecule has 1 fully saturated rings. The lowest BCUT2D eigenvalue weighted by molar-refractivity contribution is -0.115. The number of benzene rings is 3. The third-order valence-corrected chi connectivity index (χ3v) is 6.21. The highest BCUT2D eigenvalue weighted by atomic mass is 32.2. The van der Waals surface area contributed by atoms with E-state index in [0.717, 1.165) is 33.8 Å². The first-order chi connectivity index (χ1) is 16.2. The van der Waals surface area contributed by atoms with E-state index in [0.29, 0.717) is 15.8 Å². The quantitative estimate of drug-likeness (QED) is 0.294. The maximum absolute atomic E-state index is 12.3. The van der Waals surface area contributed by atoms with Crippen molar-refractivity contribution in [1.82, 2.24) is 15.1 Å². The van der Waals surface area contributed by atoms with E-state index >= 15 is 0 Å². The molecule has 1 aliphatic rings. The Bertz CT molecular complexity index is 1350. The van der Waals surface area contributed by atoms with Gasteiger partial charge in [0.25, 0.3) is 5.91 Å². The fourth-order valence-corrected chi connectivity index (χ4v) is 4.50. The molecule has 3 aromatic carbocycles. The van der Waals surface area contributed by atoms with Crippen LogP contribution in [-0.4, -0.2) is 20.0 Å². The number of para-hydroxylation sites is 1. The van der Waals surface area contributed by atoms with Crippen LogP contribution in [0.4, 0.5) is 0 Å². The molecule has 162 valence electrons. The van der Waals surface area contributed by atoms with Crippen LogP contribution < -0.4 is 10.1 Å². The van der Waals surface area contributed by atoms with Crippen LogP contribution in [0.3, 0.4) is 0 Å². The summed E-state index contributed by atoms with van der Waals surface area (Å²) in [5.74, 6) is 0.557. The highest BCUT2D eigenvalue weighted by Crippen LogP contribution is 2.32. The molecule has 0 unspecified atom stereocenters. The first-order valence-electron chi connectivity index (χ1n) is 10.3. The Labute approximate surface area is 201 Å². The number of hydrogen-bond acceptors (Lipinski definition) is 5. The largest absolute Gasteiger partial charge is 0.489 e. The molecule has 1 N–H and O–H groups in total. The summed E-state index contributed by atoms with van der Waals surface area (Å²) in [5.41, 5.74) is 4.50. The molecule has 7 heteroatoms. The average molecular weight is 470 g/mol. The van der Waals surface area contributed by atoms with Crippen molar-refractivity contribution < 1.29 is 9.53 Å². The Balaban J connectivity index is 1.51. The van der Waals surface area contributed by atoms with Gasteiger partial charge in [0.2, 0.25) is 0 Å². The molecule has 0 aliphatic carbocycles. The maximum atomic E-state index is 12.3. The van der Waals surface area contributed by atoms with Gasteiger partial charge < -0.3 is 10.1 Å². The summed E-state index contributed by atoms with van der Waals surface area (Å²) < 4.78 is 8.29. The van der Waals surface area contributed by atoms with Gasteiger partial charge in [0, 0.05) is 17.3 Å². The van der Waals surface area contributed by atoms with Gasteiger partial charge in [-0.2, -0.15) is 5.10 Å². The van der Waals surface area contributed by atoms with Crippen molar-refractivity contribution in [2.24, 2.45) is 0 Å². The number of thioether (sulfide) groups is 1. The van der Waals surface area contributed by atoms with E-state index in [1.54, 1.807) is 0 Å². The molecule has 1 aromatic heterocycles. The number of rotatable bonds is 6. The summed E-state index contributed by atoms with van der Waals surface area (Å²) in [5, 5.41) is 7.51. The second-order valence-electron chi connectivity index (χ2n) is 7.37. The van der Waals surface area contributed by atoms with Crippen molar-refractivity contribution in [3.05, 3.63) is 107 Å². The summed E-state index contributed by atoms with van der Waals surface area (Å²) in [6, 6.07) is 27.7. The first kappa shape index (κ1) is 21.2. The van der Waals surface area contributed by atoms with Crippen LogP contribution >= 0.6 is 24.0 Å². The Kier molecular flexibility index (Phi) is 6.06. The number of carbonyl (C=O) groups is 1. The van der Waals surface area contributed by atoms with Crippen LogP contribution in [-0.2, 0) is 11.4 Å². The molecule has 1 amide bonds. The number of nitrogens with zero attached hydrogens (tertiary/aromatic N) is 2. The predicted molar refractivity (Wildman–Crippen MR) is 136 cm³/mol. The SMILES string of the molecule is O=C1NC(=S)SC1=Cc1cn(-c2ccccc2)nc1-c1cccc(OCc2ccccc2)c1. The Morgan fingerprint density at radius 2 is 1.76 bits per heavy atom. The van der Waals surface area contributed by atoms with Gasteiger partial charge in [-0.1, -0.05) is 84.6 Å². The van der Waals surface area contributed by atoms with E-state index < -0.39 is 0 Å². The van der Waals surface area contributed by atoms with Crippen LogP contribution in [0.1, 0.15) is 11.1 Å². The topological polar surface area (TPSA) is 56.2 Å². The number of amides is 1. The number of hydrogen-bond donors (Lipinski definition) is 1. The second-order valence-corrected chi connectivity index (χ2v) is 9.09. The zero-order valence-electron chi connectivity index (χ0n) is 17.5. The molecule has 5 rings (SSSR count). The number of ether oxygens (including phenoxy) is 1. The zero-order chi connectivity index (χ0) is 22.6. The first-order valence-corrected chi connectivity index (χ1v) is 11.6. The van der Waals surface area contributed by atoms with Gasteiger partial charge in [0.15, 0.2) is 0 Å². The predicted octanol–water partition coefficient (Wildman–Crippen LogP) is 5.61. The van der Waals surface area contributed by atoms with Crippen molar-refractivity contribution in [1.29, 1.82) is 0 Å². The van der Waals surface area contributed by atoms with Crippen molar-refractivity contribution in [3.8, 4) is 22.7 Å². The normalized spacial score (nSPS) is 14.5. The Morgan fingerprint density at radius 3 is 2.48 bits per heavy atom. The molecule has 0 saturated carbocycles. The van der Waals surface area contributed by atoms with Gasteiger partial charge in [-0.15, -0.1) is 0 Å². The zero-order valence-corrected chi connectivity index (χ0v) is 19.1. The summed E-state index contributed by atoms with van der Waals surface area (Å²) in [7, 11) is 0. The number of aromatic nitrogens is 2. The minimum atomic E-state index is -0.191. The lowest BCUT2D eigenvalue weighted by Gasteiger charge is -2.08. The monoisotopic (exact) mass is 469 g/mol. The van der Waals surface area contributed by atoms with Gasteiger partial charge >= 0.3 is 0 Å². The van der Waals surface area contributed by atoms with Crippen molar-refractivity contribution in [3.63, 3.8) is 0 Å². The molecule has 0 bridgehead atoms. The highest BCUT2D eigenvalue weighted by Gasteiger charge is 2.23. The summed E-state index contributed by atoms with van der Waals surface area (Å²) in [6.45, 7) is 0.480. The summed E-state index contributed by atoms with van der Waals surface area (Å²) in [4.78, 5) is 12.8. The molecule has 2 heterocycles. The Morgan fingerprint density at radius 1 is 1.00 bits per heavy atom. The highest BCUT2D eigenvalue weighted by molar-refractivity contribution is 8.26. The molecule has 4 aromatic rings. The van der Waals surface area contributed by atoms with Crippen molar-refractivity contribution in [2.45, 2.75) is 6.61 Å². The molecule has 1 saturated heterocycles. The molecule has 5 nitrogen and oxygen atoms in total. The Hall–Kier alpha value is -3.68. The van der Waals surface area contributed by atoms with E-state index in [1.807, 2.05) is 102 Å². The van der Waals surface area contributed by atoms with Gasteiger partial charge in [-0.3, -0.25) is 4.79 Å². The van der Waals surface area contributed by atoms with E-state index in [9.17, 15) is 4.79 Å². The van der Waals surface area contributed by atoms with Crippen LogP contribution in [0, 0.1) is 0 Å². The van der Waals surface area contributed by atoms with Crippen LogP contribution in [0.25, 0.3) is 23.0 Å². The fourth-order valence-electron chi connectivity index (χ4n) is 3.47. The van der Waals surface area contributed by atoms with E-state index in [-0.39, 0.29) is 5.91 Å². The second kappa shape index (κ2) is 9.44. The smallest absolute Gasteiger partial charge is 0.263 e. The molecule has 1 aliphatic heterocycles. The molecule has 0 radical (unpaired) electrons. The van der Waals surface area contributed by atoms with Gasteiger partial charge in [0.1, 0.15) is 22.4 Å². The van der Waals surface area contributed by atoms with Gasteiger partial charge in [-0.05, 0) is 35.9 Å². The summed E-state index contributed by atoms with van der Waals surface area (Å²) in [6.07, 6.45) is 3.75. The van der Waals surface area contributed by atoms with E-state index in [1.165, 1.54) is 11.8 Å². The number of nitrogens with one attached hydrogen (secondary N) is 1. The average Bonchev–Trinajstić information content (AvgIpc) is 3.41. The third-order valence-electron chi connectivity index (χ3n) is 5.05. The van der Waals surface area contributed by atoms with Crippen LogP contribution in [0.5, 0.6) is 5.75 Å². The fraction of sp³-hybridized carbons (Fsp3) is 0.0385. The summed E-state index contributed by atoms with van der Waals surface area (Å²) >= 11 is 6.39. The molecular formula is C26H19N3O2S2. The van der Waals surface area contributed by atoms with E-state index in [4.69, 9.17) is 22.1 Å². The van der Waals surface area contributed by atoms with E-state index in [2.05, 4.69) is 5.32 Å². The van der Waals surface area contributed by atoms with Crippen LogP contribution in [0.15, 0.2) is 96.0 Å². The lowest BCUT2D eigenvalue weighted by Crippen LogP contribution is -2.17.